The first kappa shape index (κ1) is 14.2. The molecule has 1 atom stereocenters. The highest BCUT2D eigenvalue weighted by Gasteiger charge is 2.19. The Balaban J connectivity index is 2.53. The molecule has 0 bridgehead atoms. The van der Waals surface area contributed by atoms with Crippen molar-refractivity contribution in [3.8, 4) is 0 Å². The van der Waals surface area contributed by atoms with Crippen molar-refractivity contribution < 1.29 is 5.11 Å². The molecule has 1 rings (SSSR count). The fourth-order valence-electron chi connectivity index (χ4n) is 1.85. The number of aliphatic hydroxyl groups excluding tert-OH is 1. The molecule has 0 aromatic heterocycles. The van der Waals surface area contributed by atoms with Gasteiger partial charge < -0.3 is 10.4 Å². The maximum atomic E-state index is 9.06. The fourth-order valence-corrected chi connectivity index (χ4v) is 1.85. The Labute approximate surface area is 105 Å². The Morgan fingerprint density at radius 1 is 1.12 bits per heavy atom. The van der Waals surface area contributed by atoms with Crippen LogP contribution in [0.4, 0.5) is 0 Å². The van der Waals surface area contributed by atoms with E-state index in [1.807, 2.05) is 0 Å². The van der Waals surface area contributed by atoms with E-state index in [1.54, 1.807) is 0 Å². The number of aliphatic hydroxyl groups is 1. The van der Waals surface area contributed by atoms with Crippen LogP contribution in [0, 0.1) is 0 Å². The van der Waals surface area contributed by atoms with Gasteiger partial charge in [-0.15, -0.1) is 0 Å². The molecular formula is C15H25NO. The molecule has 2 nitrogen and oxygen atoms in total. The van der Waals surface area contributed by atoms with E-state index in [0.29, 0.717) is 0 Å². The smallest absolute Gasteiger partial charge is 0.0448 e. The van der Waals surface area contributed by atoms with Crippen molar-refractivity contribution in [3.63, 3.8) is 0 Å². The molecule has 2 N–H and O–H groups in total. The van der Waals surface area contributed by atoms with E-state index in [0.717, 1.165) is 25.8 Å². The van der Waals surface area contributed by atoms with Crippen LogP contribution < -0.4 is 5.32 Å². The van der Waals surface area contributed by atoms with Crippen LogP contribution in [0.5, 0.6) is 0 Å². The first-order chi connectivity index (χ1) is 8.13. The van der Waals surface area contributed by atoms with Gasteiger partial charge in [0.2, 0.25) is 0 Å². The Morgan fingerprint density at radius 3 is 2.18 bits per heavy atom. The Morgan fingerprint density at radius 2 is 1.71 bits per heavy atom. The average Bonchev–Trinajstić information content (AvgIpc) is 2.37. The zero-order valence-electron chi connectivity index (χ0n) is 11.3. The molecule has 1 unspecified atom stereocenters. The highest BCUT2D eigenvalue weighted by molar-refractivity contribution is 5.22. The SMILES string of the molecule is CCc1ccc(CNC(C)(CC)CCO)cc1. The molecule has 2 heteroatoms. The summed E-state index contributed by atoms with van der Waals surface area (Å²) in [5.74, 6) is 0. The van der Waals surface area contributed by atoms with Crippen LogP contribution in [0.1, 0.15) is 44.7 Å². The topological polar surface area (TPSA) is 32.3 Å². The van der Waals surface area contributed by atoms with Crippen molar-refractivity contribution in [2.75, 3.05) is 6.61 Å². The van der Waals surface area contributed by atoms with E-state index in [2.05, 4.69) is 50.4 Å². The lowest BCUT2D eigenvalue weighted by atomic mass is 9.94. The van der Waals surface area contributed by atoms with Gasteiger partial charge in [-0.25, -0.2) is 0 Å². The molecule has 0 aliphatic heterocycles. The second-order valence-corrected chi connectivity index (χ2v) is 4.91. The third-order valence-electron chi connectivity index (χ3n) is 3.59. The molecule has 0 fully saturated rings. The molecule has 17 heavy (non-hydrogen) atoms. The van der Waals surface area contributed by atoms with Crippen LogP contribution in [-0.2, 0) is 13.0 Å². The molecule has 0 amide bonds. The summed E-state index contributed by atoms with van der Waals surface area (Å²) < 4.78 is 0. The summed E-state index contributed by atoms with van der Waals surface area (Å²) in [6, 6.07) is 8.74. The largest absolute Gasteiger partial charge is 0.396 e. The first-order valence-electron chi connectivity index (χ1n) is 6.57. The maximum absolute atomic E-state index is 9.06. The van der Waals surface area contributed by atoms with Crippen LogP contribution in [0.3, 0.4) is 0 Å². The Hall–Kier alpha value is -0.860. The predicted octanol–water partition coefficient (Wildman–Crippen LogP) is 2.89. The lowest BCUT2D eigenvalue weighted by Crippen LogP contribution is -2.42. The minimum Gasteiger partial charge on any atom is -0.396 e. The summed E-state index contributed by atoms with van der Waals surface area (Å²) >= 11 is 0. The predicted molar refractivity (Wildman–Crippen MR) is 73.1 cm³/mol. The molecule has 0 saturated carbocycles. The number of aryl methyl sites for hydroxylation is 1. The molecule has 96 valence electrons. The Kier molecular flexibility index (Phi) is 5.66. The van der Waals surface area contributed by atoms with Gasteiger partial charge in [0.25, 0.3) is 0 Å². The summed E-state index contributed by atoms with van der Waals surface area (Å²) in [4.78, 5) is 0. The summed E-state index contributed by atoms with van der Waals surface area (Å²) in [6.07, 6.45) is 2.92. The summed E-state index contributed by atoms with van der Waals surface area (Å²) in [6.45, 7) is 7.61. The van der Waals surface area contributed by atoms with Crippen molar-refractivity contribution in [1.82, 2.24) is 5.32 Å². The number of benzene rings is 1. The highest BCUT2D eigenvalue weighted by atomic mass is 16.3. The number of hydrogen-bond acceptors (Lipinski definition) is 2. The van der Waals surface area contributed by atoms with Crippen LogP contribution in [0.25, 0.3) is 0 Å². The van der Waals surface area contributed by atoms with Gasteiger partial charge in [0, 0.05) is 18.7 Å². The molecular weight excluding hydrogens is 210 g/mol. The van der Waals surface area contributed by atoms with Gasteiger partial charge in [-0.1, -0.05) is 38.1 Å². The summed E-state index contributed by atoms with van der Waals surface area (Å²) in [7, 11) is 0. The molecule has 0 aliphatic rings. The van der Waals surface area contributed by atoms with Crippen molar-refractivity contribution in [2.45, 2.75) is 52.1 Å². The first-order valence-corrected chi connectivity index (χ1v) is 6.57. The van der Waals surface area contributed by atoms with E-state index < -0.39 is 0 Å². The van der Waals surface area contributed by atoms with Gasteiger partial charge >= 0.3 is 0 Å². The quantitative estimate of drug-likeness (QED) is 0.761. The maximum Gasteiger partial charge on any atom is 0.0448 e. The standard InChI is InChI=1S/C15H25NO/c1-4-13-6-8-14(9-7-13)12-16-15(3,5-2)10-11-17/h6-9,16-17H,4-5,10-12H2,1-3H3. The number of nitrogens with one attached hydrogen (secondary N) is 1. The van der Waals surface area contributed by atoms with E-state index in [9.17, 15) is 0 Å². The van der Waals surface area contributed by atoms with Gasteiger partial charge in [0.1, 0.15) is 0 Å². The van der Waals surface area contributed by atoms with Crippen molar-refractivity contribution in [3.05, 3.63) is 35.4 Å². The van der Waals surface area contributed by atoms with Crippen molar-refractivity contribution in [2.24, 2.45) is 0 Å². The third-order valence-corrected chi connectivity index (χ3v) is 3.59. The van der Waals surface area contributed by atoms with Crippen LogP contribution in [0.2, 0.25) is 0 Å². The molecule has 0 radical (unpaired) electrons. The van der Waals surface area contributed by atoms with Crippen molar-refractivity contribution in [1.29, 1.82) is 0 Å². The normalized spacial score (nSPS) is 14.6. The van der Waals surface area contributed by atoms with E-state index in [4.69, 9.17) is 5.11 Å². The lowest BCUT2D eigenvalue weighted by molar-refractivity contribution is 0.214. The lowest BCUT2D eigenvalue weighted by Gasteiger charge is -2.29. The molecule has 1 aromatic carbocycles. The zero-order chi connectivity index (χ0) is 12.7. The zero-order valence-corrected chi connectivity index (χ0v) is 11.3. The third kappa shape index (κ3) is 4.49. The molecule has 0 saturated heterocycles. The molecule has 0 aliphatic carbocycles. The number of hydrogen-bond donors (Lipinski definition) is 2. The van der Waals surface area contributed by atoms with Gasteiger partial charge in [-0.3, -0.25) is 0 Å². The molecule has 0 spiro atoms. The molecule has 1 aromatic rings. The Bertz CT molecular complexity index is 320. The van der Waals surface area contributed by atoms with Gasteiger partial charge in [-0.2, -0.15) is 0 Å². The monoisotopic (exact) mass is 235 g/mol. The fraction of sp³-hybridized carbons (Fsp3) is 0.600. The minimum atomic E-state index is 0.0399. The average molecular weight is 235 g/mol. The highest BCUT2D eigenvalue weighted by Crippen LogP contribution is 2.15. The van der Waals surface area contributed by atoms with Crippen LogP contribution in [0.15, 0.2) is 24.3 Å². The van der Waals surface area contributed by atoms with Gasteiger partial charge in [-0.05, 0) is 37.3 Å². The van der Waals surface area contributed by atoms with E-state index in [-0.39, 0.29) is 12.1 Å². The molecule has 0 heterocycles. The van der Waals surface area contributed by atoms with Crippen molar-refractivity contribution >= 4 is 0 Å². The van der Waals surface area contributed by atoms with Crippen LogP contribution >= 0.6 is 0 Å². The summed E-state index contributed by atoms with van der Waals surface area (Å²) in [5, 5.41) is 12.6. The number of rotatable bonds is 7. The minimum absolute atomic E-state index is 0.0399. The van der Waals surface area contributed by atoms with E-state index in [1.165, 1.54) is 11.1 Å². The summed E-state index contributed by atoms with van der Waals surface area (Å²) in [5.41, 5.74) is 2.72. The van der Waals surface area contributed by atoms with Gasteiger partial charge in [0.15, 0.2) is 0 Å². The second kappa shape index (κ2) is 6.77. The van der Waals surface area contributed by atoms with E-state index >= 15 is 0 Å². The second-order valence-electron chi connectivity index (χ2n) is 4.91. The van der Waals surface area contributed by atoms with Gasteiger partial charge in [0.05, 0.1) is 0 Å². The van der Waals surface area contributed by atoms with Crippen LogP contribution in [-0.4, -0.2) is 17.3 Å².